The molecule has 0 spiro atoms. The van der Waals surface area contributed by atoms with E-state index in [0.717, 1.165) is 0 Å². The largest absolute Gasteiger partial charge is 0.366 e. The van der Waals surface area contributed by atoms with E-state index in [1.807, 2.05) is 36.4 Å². The van der Waals surface area contributed by atoms with Crippen molar-refractivity contribution in [3.8, 4) is 0 Å². The van der Waals surface area contributed by atoms with Gasteiger partial charge in [-0.05, 0) is 25.0 Å². The van der Waals surface area contributed by atoms with Gasteiger partial charge in [0, 0.05) is 0 Å². The predicted molar refractivity (Wildman–Crippen MR) is 70.8 cm³/mol. The van der Waals surface area contributed by atoms with E-state index < -0.39 is 0 Å². The summed E-state index contributed by atoms with van der Waals surface area (Å²) in [7, 11) is 0. The molecule has 1 nitrogen and oxygen atoms in total. The van der Waals surface area contributed by atoms with Gasteiger partial charge >= 0.3 is 0 Å². The molecule has 0 saturated carbocycles. The highest BCUT2D eigenvalue weighted by molar-refractivity contribution is 5.19. The maximum Gasteiger partial charge on any atom is 0.0805 e. The molecule has 2 aromatic rings. The van der Waals surface area contributed by atoms with Gasteiger partial charge in [0.05, 0.1) is 12.2 Å². The Kier molecular flexibility index (Phi) is 3.94. The molecule has 0 aliphatic carbocycles. The molecule has 0 amide bonds. The van der Waals surface area contributed by atoms with Crippen molar-refractivity contribution in [1.29, 1.82) is 0 Å². The van der Waals surface area contributed by atoms with Crippen LogP contribution in [0.15, 0.2) is 60.7 Å². The fourth-order valence-corrected chi connectivity index (χ4v) is 1.91. The molecule has 2 unspecified atom stereocenters. The summed E-state index contributed by atoms with van der Waals surface area (Å²) in [6, 6.07) is 20.6. The number of hydrogen-bond acceptors (Lipinski definition) is 1. The average molecular weight is 226 g/mol. The molecule has 0 aliphatic rings. The Hall–Kier alpha value is -1.60. The SMILES string of the molecule is CC(OC(C)c1ccccc1)c1ccccc1. The van der Waals surface area contributed by atoms with Gasteiger partial charge in [-0.15, -0.1) is 0 Å². The molecular weight excluding hydrogens is 208 g/mol. The van der Waals surface area contributed by atoms with Gasteiger partial charge in [-0.1, -0.05) is 60.7 Å². The summed E-state index contributed by atoms with van der Waals surface area (Å²) in [6.45, 7) is 4.18. The number of benzene rings is 2. The normalized spacial score (nSPS) is 14.2. The zero-order valence-electron chi connectivity index (χ0n) is 10.3. The zero-order chi connectivity index (χ0) is 12.1. The number of ether oxygens (including phenoxy) is 1. The van der Waals surface area contributed by atoms with Gasteiger partial charge in [0.15, 0.2) is 0 Å². The molecule has 0 fully saturated rings. The van der Waals surface area contributed by atoms with Crippen LogP contribution in [0.5, 0.6) is 0 Å². The molecule has 0 saturated heterocycles. The number of hydrogen-bond donors (Lipinski definition) is 0. The highest BCUT2D eigenvalue weighted by Crippen LogP contribution is 2.25. The Bertz CT molecular complexity index is 392. The van der Waals surface area contributed by atoms with Crippen LogP contribution in [0.4, 0.5) is 0 Å². The fraction of sp³-hybridized carbons (Fsp3) is 0.250. The Balaban J connectivity index is 2.02. The van der Waals surface area contributed by atoms with Gasteiger partial charge in [-0.25, -0.2) is 0 Å². The summed E-state index contributed by atoms with van der Waals surface area (Å²) in [6.07, 6.45) is 0.234. The molecule has 0 aliphatic heterocycles. The van der Waals surface area contributed by atoms with Crippen molar-refractivity contribution in [2.24, 2.45) is 0 Å². The zero-order valence-corrected chi connectivity index (χ0v) is 10.3. The molecule has 2 aromatic carbocycles. The van der Waals surface area contributed by atoms with Crippen molar-refractivity contribution < 1.29 is 4.74 Å². The van der Waals surface area contributed by atoms with Crippen LogP contribution >= 0.6 is 0 Å². The standard InChI is InChI=1S/C16H18O/c1-13(15-9-5-3-6-10-15)17-14(2)16-11-7-4-8-12-16/h3-14H,1-2H3. The van der Waals surface area contributed by atoms with Crippen LogP contribution in [0.25, 0.3) is 0 Å². The molecular formula is C16H18O. The Morgan fingerprint density at radius 3 is 1.35 bits per heavy atom. The van der Waals surface area contributed by atoms with E-state index in [2.05, 4.69) is 38.1 Å². The molecule has 0 radical (unpaired) electrons. The van der Waals surface area contributed by atoms with Gasteiger partial charge in [0.25, 0.3) is 0 Å². The van der Waals surface area contributed by atoms with Gasteiger partial charge in [-0.3, -0.25) is 0 Å². The first-order chi connectivity index (χ1) is 8.27. The van der Waals surface area contributed by atoms with E-state index >= 15 is 0 Å². The second-order valence-corrected chi connectivity index (χ2v) is 4.24. The van der Waals surface area contributed by atoms with E-state index in [1.165, 1.54) is 11.1 Å². The van der Waals surface area contributed by atoms with Crippen molar-refractivity contribution in [1.82, 2.24) is 0 Å². The van der Waals surface area contributed by atoms with Crippen LogP contribution in [0.2, 0.25) is 0 Å². The van der Waals surface area contributed by atoms with Crippen LogP contribution in [0.1, 0.15) is 37.2 Å². The minimum atomic E-state index is 0.117. The van der Waals surface area contributed by atoms with Crippen LogP contribution in [0.3, 0.4) is 0 Å². The maximum absolute atomic E-state index is 6.02. The molecule has 2 atom stereocenters. The average Bonchev–Trinajstić information content (AvgIpc) is 2.40. The highest BCUT2D eigenvalue weighted by atomic mass is 16.5. The minimum absolute atomic E-state index is 0.117. The lowest BCUT2D eigenvalue weighted by molar-refractivity contribution is 0.00586. The lowest BCUT2D eigenvalue weighted by Crippen LogP contribution is -2.04. The summed E-state index contributed by atoms with van der Waals surface area (Å²) in [4.78, 5) is 0. The first kappa shape index (κ1) is 11.9. The van der Waals surface area contributed by atoms with Crippen molar-refractivity contribution in [3.05, 3.63) is 71.8 Å². The summed E-state index contributed by atoms with van der Waals surface area (Å²) in [5, 5.41) is 0. The van der Waals surface area contributed by atoms with E-state index in [4.69, 9.17) is 4.74 Å². The minimum Gasteiger partial charge on any atom is -0.366 e. The van der Waals surface area contributed by atoms with E-state index in [9.17, 15) is 0 Å². The third kappa shape index (κ3) is 3.18. The van der Waals surface area contributed by atoms with Gasteiger partial charge in [-0.2, -0.15) is 0 Å². The molecule has 17 heavy (non-hydrogen) atoms. The van der Waals surface area contributed by atoms with Crippen molar-refractivity contribution in [2.75, 3.05) is 0 Å². The summed E-state index contributed by atoms with van der Waals surface area (Å²) < 4.78 is 6.02. The van der Waals surface area contributed by atoms with Crippen LogP contribution < -0.4 is 0 Å². The van der Waals surface area contributed by atoms with Crippen LogP contribution in [0, 0.1) is 0 Å². The second kappa shape index (κ2) is 5.65. The lowest BCUT2D eigenvalue weighted by atomic mass is 10.1. The third-order valence-electron chi connectivity index (χ3n) is 2.95. The second-order valence-electron chi connectivity index (χ2n) is 4.24. The number of rotatable bonds is 4. The fourth-order valence-electron chi connectivity index (χ4n) is 1.91. The molecule has 2 rings (SSSR count). The van der Waals surface area contributed by atoms with Crippen molar-refractivity contribution >= 4 is 0 Å². The van der Waals surface area contributed by atoms with Crippen LogP contribution in [-0.4, -0.2) is 0 Å². The predicted octanol–water partition coefficient (Wildman–Crippen LogP) is 4.53. The van der Waals surface area contributed by atoms with Crippen molar-refractivity contribution in [2.45, 2.75) is 26.1 Å². The van der Waals surface area contributed by atoms with Gasteiger partial charge in [0.2, 0.25) is 0 Å². The van der Waals surface area contributed by atoms with Gasteiger partial charge in [0.1, 0.15) is 0 Å². The molecule has 1 heteroatoms. The first-order valence-corrected chi connectivity index (χ1v) is 6.02. The summed E-state index contributed by atoms with van der Waals surface area (Å²) in [5.74, 6) is 0. The first-order valence-electron chi connectivity index (χ1n) is 6.02. The Morgan fingerprint density at radius 1 is 0.647 bits per heavy atom. The monoisotopic (exact) mass is 226 g/mol. The topological polar surface area (TPSA) is 9.23 Å². The lowest BCUT2D eigenvalue weighted by Gasteiger charge is -2.19. The van der Waals surface area contributed by atoms with Crippen LogP contribution in [-0.2, 0) is 4.74 Å². The Morgan fingerprint density at radius 2 is 1.00 bits per heavy atom. The van der Waals surface area contributed by atoms with E-state index in [0.29, 0.717) is 0 Å². The molecule has 0 bridgehead atoms. The molecule has 0 N–H and O–H groups in total. The third-order valence-corrected chi connectivity index (χ3v) is 2.95. The van der Waals surface area contributed by atoms with Gasteiger partial charge < -0.3 is 4.74 Å². The molecule has 0 aromatic heterocycles. The summed E-state index contributed by atoms with van der Waals surface area (Å²) >= 11 is 0. The molecule has 88 valence electrons. The van der Waals surface area contributed by atoms with E-state index in [-0.39, 0.29) is 12.2 Å². The Labute approximate surface area is 103 Å². The van der Waals surface area contributed by atoms with E-state index in [1.54, 1.807) is 0 Å². The summed E-state index contributed by atoms with van der Waals surface area (Å²) in [5.41, 5.74) is 2.44. The highest BCUT2D eigenvalue weighted by Gasteiger charge is 2.11. The quantitative estimate of drug-likeness (QED) is 0.744. The maximum atomic E-state index is 6.02. The smallest absolute Gasteiger partial charge is 0.0805 e. The van der Waals surface area contributed by atoms with Crippen molar-refractivity contribution in [3.63, 3.8) is 0 Å². The molecule has 0 heterocycles.